The molecular formula is C10H7F6N5. The van der Waals surface area contributed by atoms with E-state index in [1.807, 2.05) is 0 Å². The van der Waals surface area contributed by atoms with E-state index in [1.54, 1.807) is 0 Å². The van der Waals surface area contributed by atoms with Crippen molar-refractivity contribution in [2.45, 2.75) is 12.4 Å². The van der Waals surface area contributed by atoms with Crippen LogP contribution in [0.15, 0.2) is 18.3 Å². The van der Waals surface area contributed by atoms with Gasteiger partial charge < -0.3 is 5.32 Å². The number of aromatic nitrogens is 4. The summed E-state index contributed by atoms with van der Waals surface area (Å²) in [4.78, 5) is 6.84. The van der Waals surface area contributed by atoms with E-state index in [0.717, 1.165) is 6.20 Å². The Balaban J connectivity index is 2.51. The fraction of sp³-hybridized carbons (Fsp3) is 0.300. The molecule has 11 heteroatoms. The third-order valence-corrected chi connectivity index (χ3v) is 2.34. The molecule has 2 heterocycles. The van der Waals surface area contributed by atoms with Gasteiger partial charge in [0.1, 0.15) is 0 Å². The lowest BCUT2D eigenvalue weighted by Crippen LogP contribution is -2.14. The summed E-state index contributed by atoms with van der Waals surface area (Å²) >= 11 is 0. The Kier molecular flexibility index (Phi) is 3.51. The molecule has 1 N–H and O–H groups in total. The number of nitrogens with zero attached hydrogens (tertiary/aromatic N) is 4. The zero-order chi connectivity index (χ0) is 15.8. The number of hydrogen-bond acceptors (Lipinski definition) is 4. The third kappa shape index (κ3) is 3.23. The molecule has 0 fully saturated rings. The van der Waals surface area contributed by atoms with E-state index < -0.39 is 29.6 Å². The minimum Gasteiger partial charge on any atom is -0.357 e. The van der Waals surface area contributed by atoms with Crippen molar-refractivity contribution < 1.29 is 26.3 Å². The molecular weight excluding hydrogens is 304 g/mol. The molecule has 0 aliphatic rings. The molecule has 0 atom stereocenters. The SMILES string of the molecule is CNc1nc(-n2ccc(C(F)(F)F)n2)cc(C(F)(F)F)n1. The van der Waals surface area contributed by atoms with Gasteiger partial charge in [-0.05, 0) is 6.07 Å². The van der Waals surface area contributed by atoms with Crippen molar-refractivity contribution in [1.82, 2.24) is 19.7 Å². The van der Waals surface area contributed by atoms with Crippen molar-refractivity contribution >= 4 is 5.95 Å². The predicted molar refractivity (Wildman–Crippen MR) is 58.7 cm³/mol. The zero-order valence-corrected chi connectivity index (χ0v) is 10.3. The Bertz CT molecular complexity index is 644. The van der Waals surface area contributed by atoms with E-state index >= 15 is 0 Å². The Morgan fingerprint density at radius 3 is 2.10 bits per heavy atom. The van der Waals surface area contributed by atoms with Crippen LogP contribution in [0.5, 0.6) is 0 Å². The molecule has 2 rings (SSSR count). The molecule has 0 amide bonds. The van der Waals surface area contributed by atoms with Crippen LogP contribution in [0.3, 0.4) is 0 Å². The summed E-state index contributed by atoms with van der Waals surface area (Å²) in [5.74, 6) is -0.818. The lowest BCUT2D eigenvalue weighted by Gasteiger charge is -2.10. The van der Waals surface area contributed by atoms with Crippen molar-refractivity contribution in [2.75, 3.05) is 12.4 Å². The molecule has 0 aliphatic carbocycles. The largest absolute Gasteiger partial charge is 0.435 e. The van der Waals surface area contributed by atoms with Crippen LogP contribution >= 0.6 is 0 Å². The Hall–Kier alpha value is -2.33. The molecule has 0 aliphatic heterocycles. The first-order valence-electron chi connectivity index (χ1n) is 5.38. The average Bonchev–Trinajstić information content (AvgIpc) is 2.86. The Morgan fingerprint density at radius 1 is 1.00 bits per heavy atom. The highest BCUT2D eigenvalue weighted by molar-refractivity contribution is 5.35. The van der Waals surface area contributed by atoms with Crippen molar-refractivity contribution in [3.63, 3.8) is 0 Å². The molecule has 0 aromatic carbocycles. The number of anilines is 1. The second kappa shape index (κ2) is 4.90. The molecule has 0 bridgehead atoms. The van der Waals surface area contributed by atoms with E-state index in [9.17, 15) is 26.3 Å². The summed E-state index contributed by atoms with van der Waals surface area (Å²) in [6.45, 7) is 0. The van der Waals surface area contributed by atoms with Gasteiger partial charge in [0.15, 0.2) is 17.2 Å². The first kappa shape index (κ1) is 15.1. The lowest BCUT2D eigenvalue weighted by atomic mass is 10.4. The minimum atomic E-state index is -4.76. The van der Waals surface area contributed by atoms with Gasteiger partial charge in [-0.3, -0.25) is 0 Å². The first-order chi connectivity index (χ1) is 9.61. The summed E-state index contributed by atoms with van der Waals surface area (Å²) in [5, 5.41) is 5.46. The summed E-state index contributed by atoms with van der Waals surface area (Å²) in [6.07, 6.45) is -8.59. The van der Waals surface area contributed by atoms with E-state index in [2.05, 4.69) is 20.4 Å². The summed E-state index contributed by atoms with van der Waals surface area (Å²) < 4.78 is 75.9. The smallest absolute Gasteiger partial charge is 0.357 e. The van der Waals surface area contributed by atoms with E-state index in [-0.39, 0.29) is 5.95 Å². The topological polar surface area (TPSA) is 55.6 Å². The standard InChI is InChI=1S/C10H7F6N5/c1-17-8-18-6(10(14,15)16)4-7(19-8)21-3-2-5(20-21)9(11,12)13/h2-4H,1H3,(H,17,18,19). The van der Waals surface area contributed by atoms with Crippen LogP contribution in [0, 0.1) is 0 Å². The molecule has 0 spiro atoms. The van der Waals surface area contributed by atoms with Gasteiger partial charge in [0.05, 0.1) is 0 Å². The van der Waals surface area contributed by atoms with Crippen LogP contribution in [0.4, 0.5) is 32.3 Å². The maximum absolute atomic E-state index is 12.7. The predicted octanol–water partition coefficient (Wildman–Crippen LogP) is 2.74. The van der Waals surface area contributed by atoms with Crippen LogP contribution in [0.25, 0.3) is 5.82 Å². The van der Waals surface area contributed by atoms with Crippen LogP contribution in [0.2, 0.25) is 0 Å². The van der Waals surface area contributed by atoms with Crippen molar-refractivity contribution in [1.29, 1.82) is 0 Å². The van der Waals surface area contributed by atoms with Gasteiger partial charge in [-0.15, -0.1) is 0 Å². The van der Waals surface area contributed by atoms with Crippen molar-refractivity contribution in [3.05, 3.63) is 29.7 Å². The zero-order valence-electron chi connectivity index (χ0n) is 10.3. The van der Waals surface area contributed by atoms with Crippen LogP contribution in [-0.2, 0) is 12.4 Å². The number of nitrogens with one attached hydrogen (secondary N) is 1. The highest BCUT2D eigenvalue weighted by Gasteiger charge is 2.35. The first-order valence-corrected chi connectivity index (χ1v) is 5.38. The maximum Gasteiger partial charge on any atom is 0.435 e. The van der Waals surface area contributed by atoms with Crippen LogP contribution in [0.1, 0.15) is 11.4 Å². The van der Waals surface area contributed by atoms with E-state index in [0.29, 0.717) is 16.8 Å². The third-order valence-electron chi connectivity index (χ3n) is 2.34. The van der Waals surface area contributed by atoms with E-state index in [1.165, 1.54) is 7.05 Å². The Labute approximate surface area is 113 Å². The number of alkyl halides is 6. The molecule has 5 nitrogen and oxygen atoms in total. The van der Waals surface area contributed by atoms with Gasteiger partial charge in [0.2, 0.25) is 5.95 Å². The molecule has 2 aromatic heterocycles. The summed E-state index contributed by atoms with van der Waals surface area (Å²) in [5.41, 5.74) is -2.53. The fourth-order valence-corrected chi connectivity index (χ4v) is 1.41. The highest BCUT2D eigenvalue weighted by atomic mass is 19.4. The normalized spacial score (nSPS) is 12.5. The summed E-state index contributed by atoms with van der Waals surface area (Å²) in [6, 6.07) is 1.14. The second-order valence-corrected chi connectivity index (χ2v) is 3.83. The monoisotopic (exact) mass is 311 g/mol. The van der Waals surface area contributed by atoms with Gasteiger partial charge in [-0.1, -0.05) is 0 Å². The maximum atomic E-state index is 12.7. The highest BCUT2D eigenvalue weighted by Crippen LogP contribution is 2.30. The molecule has 0 saturated carbocycles. The second-order valence-electron chi connectivity index (χ2n) is 3.83. The van der Waals surface area contributed by atoms with E-state index in [4.69, 9.17) is 0 Å². The molecule has 114 valence electrons. The van der Waals surface area contributed by atoms with Gasteiger partial charge in [-0.2, -0.15) is 36.4 Å². The Morgan fingerprint density at radius 2 is 1.62 bits per heavy atom. The fourth-order valence-electron chi connectivity index (χ4n) is 1.41. The summed E-state index contributed by atoms with van der Waals surface area (Å²) in [7, 11) is 1.28. The minimum absolute atomic E-state index is 0.385. The lowest BCUT2D eigenvalue weighted by molar-refractivity contribution is -0.142. The van der Waals surface area contributed by atoms with Gasteiger partial charge in [0, 0.05) is 19.3 Å². The molecule has 0 unspecified atom stereocenters. The quantitative estimate of drug-likeness (QED) is 0.867. The van der Waals surface area contributed by atoms with Crippen molar-refractivity contribution in [3.8, 4) is 5.82 Å². The number of hydrogen-bond donors (Lipinski definition) is 1. The van der Waals surface area contributed by atoms with Gasteiger partial charge in [-0.25, -0.2) is 9.67 Å². The molecule has 0 saturated heterocycles. The molecule has 2 aromatic rings. The van der Waals surface area contributed by atoms with Gasteiger partial charge >= 0.3 is 12.4 Å². The van der Waals surface area contributed by atoms with Crippen molar-refractivity contribution in [2.24, 2.45) is 0 Å². The van der Waals surface area contributed by atoms with Crippen LogP contribution < -0.4 is 5.32 Å². The van der Waals surface area contributed by atoms with Gasteiger partial charge in [0.25, 0.3) is 0 Å². The van der Waals surface area contributed by atoms with Crippen LogP contribution in [-0.4, -0.2) is 26.8 Å². The molecule has 21 heavy (non-hydrogen) atoms. The number of halogens is 6. The molecule has 0 radical (unpaired) electrons. The average molecular weight is 311 g/mol. The number of rotatable bonds is 2.